The molecular formula is C9H9BrN2O2S2. The Kier molecular flexibility index (Phi) is 3.02. The fourth-order valence-electron chi connectivity index (χ4n) is 1.51. The summed E-state index contributed by atoms with van der Waals surface area (Å²) in [6, 6.07) is 5.06. The van der Waals surface area contributed by atoms with Gasteiger partial charge in [-0.15, -0.1) is 4.40 Å². The van der Waals surface area contributed by atoms with Gasteiger partial charge in [-0.3, -0.25) is 0 Å². The summed E-state index contributed by atoms with van der Waals surface area (Å²) in [6.07, 6.45) is 1.80. The van der Waals surface area contributed by atoms with Gasteiger partial charge in [-0.2, -0.15) is 8.42 Å². The van der Waals surface area contributed by atoms with Gasteiger partial charge in [-0.25, -0.2) is 0 Å². The summed E-state index contributed by atoms with van der Waals surface area (Å²) in [4.78, 5) is 2.01. The van der Waals surface area contributed by atoms with E-state index in [4.69, 9.17) is 0 Å². The minimum Gasteiger partial charge on any atom is -0.321 e. The molecule has 86 valence electrons. The highest BCUT2D eigenvalue weighted by Crippen LogP contribution is 2.37. The lowest BCUT2D eigenvalue weighted by Crippen LogP contribution is -2.30. The largest absolute Gasteiger partial charge is 0.321 e. The van der Waals surface area contributed by atoms with Crippen LogP contribution in [0.5, 0.6) is 0 Å². The molecule has 1 aliphatic rings. The van der Waals surface area contributed by atoms with Gasteiger partial charge in [0.15, 0.2) is 5.17 Å². The van der Waals surface area contributed by atoms with Crippen molar-refractivity contribution in [3.8, 4) is 0 Å². The minimum absolute atomic E-state index is 0.238. The second-order valence-corrected chi connectivity index (χ2v) is 6.40. The van der Waals surface area contributed by atoms with Crippen molar-refractivity contribution in [1.82, 2.24) is 0 Å². The van der Waals surface area contributed by atoms with Crippen LogP contribution in [0.1, 0.15) is 0 Å². The molecule has 0 spiro atoms. The average molecular weight is 321 g/mol. The maximum absolute atomic E-state index is 11.9. The fraction of sp³-hybridized carbons (Fsp3) is 0.222. The summed E-state index contributed by atoms with van der Waals surface area (Å²) < 4.78 is 28.3. The first-order valence-electron chi connectivity index (χ1n) is 4.38. The first kappa shape index (κ1) is 11.9. The number of hydrogen-bond acceptors (Lipinski definition) is 4. The van der Waals surface area contributed by atoms with Crippen LogP contribution in [0, 0.1) is 0 Å². The van der Waals surface area contributed by atoms with Gasteiger partial charge < -0.3 is 4.90 Å². The summed E-state index contributed by atoms with van der Waals surface area (Å²) in [5, 5.41) is 0.472. The van der Waals surface area contributed by atoms with E-state index in [1.807, 2.05) is 6.07 Å². The molecule has 1 heterocycles. The summed E-state index contributed by atoms with van der Waals surface area (Å²) >= 11 is 4.66. The standard InChI is InChI=1S/C9H9BrN2O2S2/c1-12-8-6(10)4-3-5-7(8)16(13,14)11-9(12)15-2/h3-5H,1-2H3. The number of nitrogens with zero attached hydrogens (tertiary/aromatic N) is 2. The Morgan fingerprint density at radius 3 is 2.75 bits per heavy atom. The van der Waals surface area contributed by atoms with Crippen LogP contribution in [0.3, 0.4) is 0 Å². The third-order valence-corrected chi connectivity index (χ3v) is 5.02. The Balaban J connectivity index is 2.77. The molecule has 0 bridgehead atoms. The van der Waals surface area contributed by atoms with Gasteiger partial charge in [0, 0.05) is 11.5 Å². The zero-order chi connectivity index (χ0) is 11.9. The van der Waals surface area contributed by atoms with Gasteiger partial charge in [0.25, 0.3) is 10.0 Å². The molecule has 7 heteroatoms. The molecule has 1 aliphatic heterocycles. The van der Waals surface area contributed by atoms with Gasteiger partial charge in [-0.1, -0.05) is 17.8 Å². The van der Waals surface area contributed by atoms with Crippen LogP contribution in [-0.2, 0) is 10.0 Å². The molecule has 1 aromatic carbocycles. The molecule has 2 rings (SSSR count). The molecule has 0 amide bonds. The van der Waals surface area contributed by atoms with E-state index in [2.05, 4.69) is 20.3 Å². The van der Waals surface area contributed by atoms with E-state index >= 15 is 0 Å². The van der Waals surface area contributed by atoms with E-state index in [-0.39, 0.29) is 4.90 Å². The first-order valence-corrected chi connectivity index (χ1v) is 7.84. The highest BCUT2D eigenvalue weighted by atomic mass is 79.9. The SMILES string of the molecule is CSC1=NS(=O)(=O)c2cccc(Br)c2N1C. The van der Waals surface area contributed by atoms with E-state index in [0.29, 0.717) is 10.9 Å². The normalized spacial score (nSPS) is 17.9. The van der Waals surface area contributed by atoms with Gasteiger partial charge in [0.05, 0.1) is 5.69 Å². The zero-order valence-electron chi connectivity index (χ0n) is 8.64. The molecule has 1 aromatic rings. The molecule has 0 saturated heterocycles. The molecule has 0 radical (unpaired) electrons. The van der Waals surface area contributed by atoms with Crippen molar-refractivity contribution < 1.29 is 8.42 Å². The maximum Gasteiger partial charge on any atom is 0.286 e. The van der Waals surface area contributed by atoms with Crippen molar-refractivity contribution in [2.75, 3.05) is 18.2 Å². The summed E-state index contributed by atoms with van der Waals surface area (Å²) in [5.41, 5.74) is 0.641. The molecule has 0 N–H and O–H groups in total. The summed E-state index contributed by atoms with van der Waals surface area (Å²) in [5.74, 6) is 0. The lowest BCUT2D eigenvalue weighted by atomic mass is 10.3. The molecule has 0 aromatic heterocycles. The third-order valence-electron chi connectivity index (χ3n) is 2.23. The quantitative estimate of drug-likeness (QED) is 0.736. The van der Waals surface area contributed by atoms with Gasteiger partial charge in [0.2, 0.25) is 0 Å². The minimum atomic E-state index is -3.56. The van der Waals surface area contributed by atoms with Gasteiger partial charge >= 0.3 is 0 Å². The number of rotatable bonds is 0. The van der Waals surface area contributed by atoms with Gasteiger partial charge in [0.1, 0.15) is 4.90 Å². The van der Waals surface area contributed by atoms with E-state index < -0.39 is 10.0 Å². The monoisotopic (exact) mass is 320 g/mol. The molecule has 0 fully saturated rings. The Hall–Kier alpha value is -0.530. The predicted molar refractivity (Wildman–Crippen MR) is 70.7 cm³/mol. The second-order valence-electron chi connectivity index (χ2n) is 3.20. The van der Waals surface area contributed by atoms with Crippen LogP contribution in [0.4, 0.5) is 5.69 Å². The summed E-state index contributed by atoms with van der Waals surface area (Å²) in [6.45, 7) is 0. The lowest BCUT2D eigenvalue weighted by Gasteiger charge is -2.26. The molecule has 16 heavy (non-hydrogen) atoms. The van der Waals surface area contributed by atoms with Crippen molar-refractivity contribution >= 4 is 48.6 Å². The van der Waals surface area contributed by atoms with Crippen molar-refractivity contribution in [2.45, 2.75) is 4.90 Å². The van der Waals surface area contributed by atoms with Crippen molar-refractivity contribution in [3.63, 3.8) is 0 Å². The Morgan fingerprint density at radius 2 is 2.12 bits per heavy atom. The lowest BCUT2D eigenvalue weighted by molar-refractivity contribution is 0.597. The van der Waals surface area contributed by atoms with Crippen LogP contribution < -0.4 is 4.90 Å². The number of thioether (sulfide) groups is 1. The number of halogens is 1. The van der Waals surface area contributed by atoms with E-state index in [1.54, 1.807) is 30.3 Å². The van der Waals surface area contributed by atoms with E-state index in [0.717, 1.165) is 4.47 Å². The fourth-order valence-corrected chi connectivity index (χ4v) is 4.40. The molecule has 0 unspecified atom stereocenters. The Bertz CT molecular complexity index is 569. The smallest absolute Gasteiger partial charge is 0.286 e. The topological polar surface area (TPSA) is 49.7 Å². The Labute approximate surface area is 107 Å². The van der Waals surface area contributed by atoms with Crippen LogP contribution in [-0.4, -0.2) is 26.9 Å². The van der Waals surface area contributed by atoms with Crippen molar-refractivity contribution in [3.05, 3.63) is 22.7 Å². The Morgan fingerprint density at radius 1 is 1.44 bits per heavy atom. The van der Waals surface area contributed by atoms with Crippen molar-refractivity contribution in [1.29, 1.82) is 0 Å². The number of fused-ring (bicyclic) bond motifs is 1. The second kappa shape index (κ2) is 4.05. The van der Waals surface area contributed by atoms with E-state index in [9.17, 15) is 8.42 Å². The van der Waals surface area contributed by atoms with Crippen LogP contribution >= 0.6 is 27.7 Å². The third kappa shape index (κ3) is 1.76. The number of benzene rings is 1. The summed E-state index contributed by atoms with van der Waals surface area (Å²) in [7, 11) is -1.76. The number of amidine groups is 1. The highest BCUT2D eigenvalue weighted by molar-refractivity contribution is 9.10. The van der Waals surface area contributed by atoms with Gasteiger partial charge in [-0.05, 0) is 34.3 Å². The number of anilines is 1. The molecule has 0 atom stereocenters. The predicted octanol–water partition coefficient (Wildman–Crippen LogP) is 2.31. The number of sulfonamides is 1. The molecule has 4 nitrogen and oxygen atoms in total. The number of hydrogen-bond donors (Lipinski definition) is 0. The van der Waals surface area contributed by atoms with Crippen molar-refractivity contribution in [2.24, 2.45) is 4.40 Å². The van der Waals surface area contributed by atoms with Crippen LogP contribution in [0.2, 0.25) is 0 Å². The van der Waals surface area contributed by atoms with E-state index in [1.165, 1.54) is 11.8 Å². The average Bonchev–Trinajstić information content (AvgIpc) is 2.23. The first-order chi connectivity index (χ1) is 7.47. The number of para-hydroxylation sites is 1. The zero-order valence-corrected chi connectivity index (χ0v) is 11.9. The van der Waals surface area contributed by atoms with Crippen LogP contribution in [0.25, 0.3) is 0 Å². The highest BCUT2D eigenvalue weighted by Gasteiger charge is 2.29. The molecular weight excluding hydrogens is 312 g/mol. The molecule has 0 saturated carbocycles. The molecule has 0 aliphatic carbocycles. The van der Waals surface area contributed by atoms with Crippen LogP contribution in [0.15, 0.2) is 32.0 Å². The maximum atomic E-state index is 11.9.